The zero-order valence-corrected chi connectivity index (χ0v) is 16.7. The Morgan fingerprint density at radius 2 is 1.79 bits per heavy atom. The van der Waals surface area contributed by atoms with E-state index in [1.165, 1.54) is 24.1 Å². The number of benzene rings is 2. The summed E-state index contributed by atoms with van der Waals surface area (Å²) in [4.78, 5) is 19.3. The summed E-state index contributed by atoms with van der Waals surface area (Å²) in [6.07, 6.45) is 4.19. The quantitative estimate of drug-likeness (QED) is 0.647. The van der Waals surface area contributed by atoms with E-state index in [0.717, 1.165) is 24.3 Å². The van der Waals surface area contributed by atoms with Crippen molar-refractivity contribution in [3.63, 3.8) is 0 Å². The second-order valence-corrected chi connectivity index (χ2v) is 7.40. The summed E-state index contributed by atoms with van der Waals surface area (Å²) >= 11 is 0. The number of aromatic nitrogens is 1. The second-order valence-electron chi connectivity index (χ2n) is 7.40. The lowest BCUT2D eigenvalue weighted by molar-refractivity contribution is 0.0951. The third kappa shape index (κ3) is 4.74. The third-order valence-corrected chi connectivity index (χ3v) is 5.33. The van der Waals surface area contributed by atoms with E-state index >= 15 is 0 Å². The summed E-state index contributed by atoms with van der Waals surface area (Å²) in [5, 5.41) is 6.28. The molecule has 2 N–H and O–H groups in total. The standard InChI is InChI=1S/C24H26N4O/c1-18-6-2-3-7-20(18)17-26-24(29)19-12-13-25-23(16-19)27-21-8-10-22(11-9-21)28-14-4-5-15-28/h2-3,6-13,16H,4-5,14-15,17H2,1H3,(H,25,27)(H,26,29). The van der Waals surface area contributed by atoms with E-state index in [1.54, 1.807) is 18.3 Å². The van der Waals surface area contributed by atoms with Crippen molar-refractivity contribution in [3.8, 4) is 0 Å². The van der Waals surface area contributed by atoms with Crippen molar-refractivity contribution in [2.45, 2.75) is 26.3 Å². The first-order chi connectivity index (χ1) is 14.2. The number of nitrogens with zero attached hydrogens (tertiary/aromatic N) is 2. The summed E-state index contributed by atoms with van der Waals surface area (Å²) in [5.41, 5.74) is 5.08. The Bertz CT molecular complexity index is 978. The largest absolute Gasteiger partial charge is 0.372 e. The van der Waals surface area contributed by atoms with E-state index in [-0.39, 0.29) is 5.91 Å². The Labute approximate surface area is 171 Å². The topological polar surface area (TPSA) is 57.3 Å². The molecule has 0 bridgehead atoms. The highest BCUT2D eigenvalue weighted by Gasteiger charge is 2.12. The molecular formula is C24H26N4O. The SMILES string of the molecule is Cc1ccccc1CNC(=O)c1ccnc(Nc2ccc(N3CCCC3)cc2)c1. The Kier molecular flexibility index (Phi) is 5.75. The number of carbonyl (C=O) groups is 1. The smallest absolute Gasteiger partial charge is 0.251 e. The van der Waals surface area contributed by atoms with Gasteiger partial charge in [0, 0.05) is 42.8 Å². The highest BCUT2D eigenvalue weighted by molar-refractivity contribution is 5.94. The number of pyridine rings is 1. The van der Waals surface area contributed by atoms with Crippen LogP contribution in [0.25, 0.3) is 0 Å². The van der Waals surface area contributed by atoms with Gasteiger partial charge in [0.2, 0.25) is 0 Å². The van der Waals surface area contributed by atoms with Crippen LogP contribution in [0.1, 0.15) is 34.3 Å². The average molecular weight is 386 g/mol. The number of nitrogens with one attached hydrogen (secondary N) is 2. The molecule has 0 unspecified atom stereocenters. The molecule has 5 nitrogen and oxygen atoms in total. The molecule has 0 saturated carbocycles. The normalized spacial score (nSPS) is 13.3. The molecule has 1 aliphatic heterocycles. The van der Waals surface area contributed by atoms with Crippen molar-refractivity contribution < 1.29 is 4.79 Å². The highest BCUT2D eigenvalue weighted by Crippen LogP contribution is 2.23. The molecule has 3 aromatic rings. The van der Waals surface area contributed by atoms with Crippen molar-refractivity contribution in [3.05, 3.63) is 83.6 Å². The first-order valence-electron chi connectivity index (χ1n) is 10.1. The lowest BCUT2D eigenvalue weighted by atomic mass is 10.1. The van der Waals surface area contributed by atoms with Crippen LogP contribution in [-0.2, 0) is 6.54 Å². The minimum atomic E-state index is -0.108. The molecule has 0 spiro atoms. The lowest BCUT2D eigenvalue weighted by Crippen LogP contribution is -2.23. The van der Waals surface area contributed by atoms with Crippen LogP contribution in [0.3, 0.4) is 0 Å². The summed E-state index contributed by atoms with van der Waals surface area (Å²) in [6, 6.07) is 19.9. The lowest BCUT2D eigenvalue weighted by Gasteiger charge is -2.18. The molecular weight excluding hydrogens is 360 g/mol. The van der Waals surface area contributed by atoms with Gasteiger partial charge in [0.1, 0.15) is 5.82 Å². The summed E-state index contributed by atoms with van der Waals surface area (Å²) in [7, 11) is 0. The Morgan fingerprint density at radius 1 is 1.03 bits per heavy atom. The van der Waals surface area contributed by atoms with E-state index in [2.05, 4.69) is 44.8 Å². The van der Waals surface area contributed by atoms with Gasteiger partial charge >= 0.3 is 0 Å². The maximum absolute atomic E-state index is 12.6. The summed E-state index contributed by atoms with van der Waals surface area (Å²) < 4.78 is 0. The summed E-state index contributed by atoms with van der Waals surface area (Å²) in [6.45, 7) is 4.82. The van der Waals surface area contributed by atoms with Gasteiger partial charge in [0.15, 0.2) is 0 Å². The number of anilines is 3. The van der Waals surface area contributed by atoms with Gasteiger partial charge in [0.05, 0.1) is 0 Å². The molecule has 1 saturated heterocycles. The Morgan fingerprint density at radius 3 is 2.55 bits per heavy atom. The van der Waals surface area contributed by atoms with Crippen LogP contribution < -0.4 is 15.5 Å². The zero-order valence-electron chi connectivity index (χ0n) is 16.7. The molecule has 148 valence electrons. The van der Waals surface area contributed by atoms with Gasteiger partial charge in [-0.1, -0.05) is 24.3 Å². The average Bonchev–Trinajstić information content (AvgIpc) is 3.29. The van der Waals surface area contributed by atoms with Crippen LogP contribution in [0.2, 0.25) is 0 Å². The van der Waals surface area contributed by atoms with Crippen LogP contribution in [0.4, 0.5) is 17.2 Å². The molecule has 1 aliphatic rings. The van der Waals surface area contributed by atoms with Crippen molar-refractivity contribution in [1.82, 2.24) is 10.3 Å². The maximum atomic E-state index is 12.6. The predicted octanol–water partition coefficient (Wildman–Crippen LogP) is 4.66. The van der Waals surface area contributed by atoms with Crippen molar-refractivity contribution in [2.75, 3.05) is 23.3 Å². The fourth-order valence-electron chi connectivity index (χ4n) is 3.60. The van der Waals surface area contributed by atoms with E-state index in [9.17, 15) is 4.79 Å². The second kappa shape index (κ2) is 8.78. The van der Waals surface area contributed by atoms with Crippen LogP contribution >= 0.6 is 0 Å². The number of carbonyl (C=O) groups excluding carboxylic acids is 1. The number of rotatable bonds is 6. The highest BCUT2D eigenvalue weighted by atomic mass is 16.1. The van der Waals surface area contributed by atoms with Crippen LogP contribution in [-0.4, -0.2) is 24.0 Å². The van der Waals surface area contributed by atoms with Gasteiger partial charge in [-0.2, -0.15) is 0 Å². The fraction of sp³-hybridized carbons (Fsp3) is 0.250. The summed E-state index contributed by atoms with van der Waals surface area (Å²) in [5.74, 6) is 0.547. The van der Waals surface area contributed by atoms with E-state index in [4.69, 9.17) is 0 Å². The number of aryl methyl sites for hydroxylation is 1. The molecule has 2 heterocycles. The minimum Gasteiger partial charge on any atom is -0.372 e. The maximum Gasteiger partial charge on any atom is 0.251 e. The molecule has 0 atom stereocenters. The first-order valence-corrected chi connectivity index (χ1v) is 10.1. The molecule has 0 radical (unpaired) electrons. The molecule has 4 rings (SSSR count). The zero-order chi connectivity index (χ0) is 20.1. The van der Waals surface area contributed by atoms with Crippen molar-refractivity contribution >= 4 is 23.1 Å². The molecule has 2 aromatic carbocycles. The molecule has 1 fully saturated rings. The fourth-order valence-corrected chi connectivity index (χ4v) is 3.60. The molecule has 29 heavy (non-hydrogen) atoms. The van der Waals surface area contributed by atoms with Gasteiger partial charge in [-0.3, -0.25) is 4.79 Å². The van der Waals surface area contributed by atoms with E-state index in [0.29, 0.717) is 17.9 Å². The van der Waals surface area contributed by atoms with Gasteiger partial charge in [0.25, 0.3) is 5.91 Å². The molecule has 1 aromatic heterocycles. The third-order valence-electron chi connectivity index (χ3n) is 5.33. The van der Waals surface area contributed by atoms with E-state index < -0.39 is 0 Å². The Balaban J connectivity index is 1.39. The van der Waals surface area contributed by atoms with Gasteiger partial charge in [-0.05, 0) is 67.3 Å². The number of hydrogen-bond donors (Lipinski definition) is 2. The van der Waals surface area contributed by atoms with Crippen LogP contribution in [0.15, 0.2) is 66.9 Å². The minimum absolute atomic E-state index is 0.108. The van der Waals surface area contributed by atoms with Crippen molar-refractivity contribution in [1.29, 1.82) is 0 Å². The molecule has 0 aliphatic carbocycles. The van der Waals surface area contributed by atoms with Crippen LogP contribution in [0.5, 0.6) is 0 Å². The van der Waals surface area contributed by atoms with Gasteiger partial charge in [-0.25, -0.2) is 4.98 Å². The molecule has 5 heteroatoms. The molecule has 1 amide bonds. The first kappa shape index (κ1) is 19.0. The van der Waals surface area contributed by atoms with Gasteiger partial charge < -0.3 is 15.5 Å². The van der Waals surface area contributed by atoms with E-state index in [1.807, 2.05) is 31.2 Å². The monoisotopic (exact) mass is 386 g/mol. The van der Waals surface area contributed by atoms with Crippen molar-refractivity contribution in [2.24, 2.45) is 0 Å². The predicted molar refractivity (Wildman–Crippen MR) is 118 cm³/mol. The van der Waals surface area contributed by atoms with Gasteiger partial charge in [-0.15, -0.1) is 0 Å². The van der Waals surface area contributed by atoms with Crippen LogP contribution in [0, 0.1) is 6.92 Å². The number of hydrogen-bond acceptors (Lipinski definition) is 4. The Hall–Kier alpha value is -3.34. The number of amides is 1.